The van der Waals surface area contributed by atoms with E-state index < -0.39 is 5.91 Å². The first-order valence-corrected chi connectivity index (χ1v) is 6.59. The standard InChI is InChI=1S/C13H15N3O2.C2H6/c1-8-6-11(4-5-12(14)17)10(3)16(8)13-7-9(2)18-15-13;1-2/h4-7H,1-3H3,(H2,14,17);1-2H3/b5-4+;. The van der Waals surface area contributed by atoms with Gasteiger partial charge in [-0.1, -0.05) is 19.0 Å². The summed E-state index contributed by atoms with van der Waals surface area (Å²) >= 11 is 0. The van der Waals surface area contributed by atoms with E-state index in [-0.39, 0.29) is 0 Å². The highest BCUT2D eigenvalue weighted by Gasteiger charge is 2.11. The van der Waals surface area contributed by atoms with Gasteiger partial charge in [-0.25, -0.2) is 0 Å². The number of nitrogens with zero attached hydrogens (tertiary/aromatic N) is 2. The average molecular weight is 275 g/mol. The third-order valence-electron chi connectivity index (χ3n) is 2.74. The number of aromatic nitrogens is 2. The van der Waals surface area contributed by atoms with Crippen molar-refractivity contribution in [1.82, 2.24) is 9.72 Å². The fourth-order valence-electron chi connectivity index (χ4n) is 1.94. The van der Waals surface area contributed by atoms with Crippen molar-refractivity contribution in [2.24, 2.45) is 5.73 Å². The Balaban J connectivity index is 0.000000956. The Morgan fingerprint density at radius 1 is 1.30 bits per heavy atom. The molecule has 2 heterocycles. The maximum atomic E-state index is 10.8. The molecule has 2 N–H and O–H groups in total. The van der Waals surface area contributed by atoms with Gasteiger partial charge in [-0.3, -0.25) is 9.36 Å². The third-order valence-corrected chi connectivity index (χ3v) is 2.74. The van der Waals surface area contributed by atoms with Gasteiger partial charge in [-0.05, 0) is 38.5 Å². The molecule has 2 aromatic rings. The van der Waals surface area contributed by atoms with E-state index in [1.165, 1.54) is 6.08 Å². The highest BCUT2D eigenvalue weighted by atomic mass is 16.5. The molecular weight excluding hydrogens is 254 g/mol. The number of carbonyl (C=O) groups excluding carboxylic acids is 1. The van der Waals surface area contributed by atoms with Crippen LogP contribution in [0.3, 0.4) is 0 Å². The molecule has 2 rings (SSSR count). The predicted octanol–water partition coefficient (Wildman–Crippen LogP) is 2.92. The highest BCUT2D eigenvalue weighted by Crippen LogP contribution is 2.21. The lowest BCUT2D eigenvalue weighted by Gasteiger charge is -2.03. The van der Waals surface area contributed by atoms with Gasteiger partial charge in [0.25, 0.3) is 0 Å². The highest BCUT2D eigenvalue weighted by molar-refractivity contribution is 5.90. The van der Waals surface area contributed by atoms with Crippen LogP contribution in [-0.4, -0.2) is 15.6 Å². The molecule has 0 radical (unpaired) electrons. The van der Waals surface area contributed by atoms with Gasteiger partial charge in [-0.2, -0.15) is 0 Å². The number of carbonyl (C=O) groups is 1. The van der Waals surface area contributed by atoms with Gasteiger partial charge in [0, 0.05) is 23.5 Å². The SMILES string of the molecule is CC.Cc1cc(-n2c(C)cc(/C=C/C(N)=O)c2C)no1. The first kappa shape index (κ1) is 15.8. The van der Waals surface area contributed by atoms with Crippen LogP contribution in [-0.2, 0) is 4.79 Å². The number of hydrogen-bond acceptors (Lipinski definition) is 3. The van der Waals surface area contributed by atoms with Gasteiger partial charge in [0.1, 0.15) is 5.76 Å². The third kappa shape index (κ3) is 3.38. The fourth-order valence-corrected chi connectivity index (χ4v) is 1.94. The normalized spacial score (nSPS) is 10.4. The van der Waals surface area contributed by atoms with Crippen molar-refractivity contribution in [3.05, 3.63) is 40.9 Å². The zero-order valence-corrected chi connectivity index (χ0v) is 12.6. The summed E-state index contributed by atoms with van der Waals surface area (Å²) in [6, 6.07) is 3.83. The molecule has 0 aliphatic rings. The zero-order chi connectivity index (χ0) is 15.3. The van der Waals surface area contributed by atoms with E-state index in [0.29, 0.717) is 0 Å². The minimum absolute atomic E-state index is 0.461. The molecule has 0 saturated heterocycles. The van der Waals surface area contributed by atoms with Crippen LogP contribution in [0.2, 0.25) is 0 Å². The molecule has 20 heavy (non-hydrogen) atoms. The van der Waals surface area contributed by atoms with E-state index in [0.717, 1.165) is 28.5 Å². The van der Waals surface area contributed by atoms with Crippen molar-refractivity contribution < 1.29 is 9.32 Å². The largest absolute Gasteiger partial charge is 0.366 e. The average Bonchev–Trinajstić information content (AvgIpc) is 2.93. The molecule has 108 valence electrons. The van der Waals surface area contributed by atoms with Crippen molar-refractivity contribution in [2.45, 2.75) is 34.6 Å². The summed E-state index contributed by atoms with van der Waals surface area (Å²) in [5, 5.41) is 3.99. The van der Waals surface area contributed by atoms with Crippen molar-refractivity contribution in [1.29, 1.82) is 0 Å². The Labute approximate surface area is 119 Å². The molecular formula is C15H21N3O2. The summed E-state index contributed by atoms with van der Waals surface area (Å²) < 4.78 is 7.04. The predicted molar refractivity (Wildman–Crippen MR) is 79.6 cm³/mol. The van der Waals surface area contributed by atoms with Crippen molar-refractivity contribution in [2.75, 3.05) is 0 Å². The van der Waals surface area contributed by atoms with Crippen LogP contribution in [0.25, 0.3) is 11.9 Å². The van der Waals surface area contributed by atoms with Gasteiger partial charge in [0.2, 0.25) is 5.91 Å². The van der Waals surface area contributed by atoms with Crippen molar-refractivity contribution >= 4 is 12.0 Å². The molecule has 0 atom stereocenters. The van der Waals surface area contributed by atoms with E-state index in [1.54, 1.807) is 6.08 Å². The Morgan fingerprint density at radius 2 is 1.95 bits per heavy atom. The molecule has 2 aromatic heterocycles. The van der Waals surface area contributed by atoms with Gasteiger partial charge >= 0.3 is 0 Å². The lowest BCUT2D eigenvalue weighted by Crippen LogP contribution is -2.05. The molecule has 1 amide bonds. The number of aryl methyl sites for hydroxylation is 2. The summed E-state index contributed by atoms with van der Waals surface area (Å²) in [4.78, 5) is 10.8. The van der Waals surface area contributed by atoms with Gasteiger partial charge < -0.3 is 10.3 Å². The van der Waals surface area contributed by atoms with E-state index in [1.807, 2.05) is 51.3 Å². The topological polar surface area (TPSA) is 74.0 Å². The van der Waals surface area contributed by atoms with Crippen molar-refractivity contribution in [3.8, 4) is 5.82 Å². The lowest BCUT2D eigenvalue weighted by atomic mass is 10.2. The summed E-state index contributed by atoms with van der Waals surface area (Å²) in [6.45, 7) is 9.77. The smallest absolute Gasteiger partial charge is 0.241 e. The fraction of sp³-hybridized carbons (Fsp3) is 0.333. The summed E-state index contributed by atoms with van der Waals surface area (Å²) in [7, 11) is 0. The zero-order valence-electron chi connectivity index (χ0n) is 12.6. The maximum Gasteiger partial charge on any atom is 0.241 e. The molecule has 0 aliphatic carbocycles. The minimum Gasteiger partial charge on any atom is -0.366 e. The van der Waals surface area contributed by atoms with Gasteiger partial charge in [-0.15, -0.1) is 0 Å². The summed E-state index contributed by atoms with van der Waals surface area (Å²) in [6.07, 6.45) is 3.05. The minimum atomic E-state index is -0.461. The molecule has 0 bridgehead atoms. The van der Waals surface area contributed by atoms with Crippen LogP contribution in [0.1, 0.15) is 36.6 Å². The second-order valence-electron chi connectivity index (χ2n) is 4.19. The van der Waals surface area contributed by atoms with Gasteiger partial charge in [0.15, 0.2) is 5.82 Å². The number of amides is 1. The van der Waals surface area contributed by atoms with E-state index in [2.05, 4.69) is 5.16 Å². The first-order valence-electron chi connectivity index (χ1n) is 6.59. The van der Waals surface area contributed by atoms with Crippen LogP contribution in [0.5, 0.6) is 0 Å². The Morgan fingerprint density at radius 3 is 2.45 bits per heavy atom. The van der Waals surface area contributed by atoms with Gasteiger partial charge in [0.05, 0.1) is 0 Å². The molecule has 0 unspecified atom stereocenters. The van der Waals surface area contributed by atoms with Crippen LogP contribution in [0.4, 0.5) is 0 Å². The summed E-state index contributed by atoms with van der Waals surface area (Å²) in [5.41, 5.74) is 8.03. The van der Waals surface area contributed by atoms with Crippen LogP contribution in [0, 0.1) is 20.8 Å². The monoisotopic (exact) mass is 275 g/mol. The molecule has 0 spiro atoms. The van der Waals surface area contributed by atoms with E-state index in [4.69, 9.17) is 10.3 Å². The number of primary amides is 1. The van der Waals surface area contributed by atoms with Crippen LogP contribution in [0.15, 0.2) is 22.7 Å². The quantitative estimate of drug-likeness (QED) is 0.875. The summed E-state index contributed by atoms with van der Waals surface area (Å²) in [5.74, 6) is 1.03. The van der Waals surface area contributed by atoms with Crippen molar-refractivity contribution in [3.63, 3.8) is 0 Å². The van der Waals surface area contributed by atoms with E-state index >= 15 is 0 Å². The Bertz CT molecular complexity index is 621. The number of rotatable bonds is 3. The molecule has 5 nitrogen and oxygen atoms in total. The molecule has 5 heteroatoms. The number of hydrogen-bond donors (Lipinski definition) is 1. The Kier molecular flexibility index (Phi) is 5.32. The second kappa shape index (κ2) is 6.75. The van der Waals surface area contributed by atoms with Crippen LogP contribution < -0.4 is 5.73 Å². The second-order valence-corrected chi connectivity index (χ2v) is 4.19. The first-order chi connectivity index (χ1) is 9.49. The molecule has 0 aliphatic heterocycles. The van der Waals surface area contributed by atoms with E-state index in [9.17, 15) is 4.79 Å². The Hall–Kier alpha value is -2.30. The molecule has 0 fully saturated rings. The van der Waals surface area contributed by atoms with Crippen LogP contribution >= 0.6 is 0 Å². The number of nitrogens with two attached hydrogens (primary N) is 1. The molecule has 0 saturated carbocycles. The maximum absolute atomic E-state index is 10.8. The lowest BCUT2D eigenvalue weighted by molar-refractivity contribution is -0.113. The molecule has 0 aromatic carbocycles.